The van der Waals surface area contributed by atoms with E-state index < -0.39 is 0 Å². The highest BCUT2D eigenvalue weighted by molar-refractivity contribution is 5.32. The molecule has 0 saturated carbocycles. The molecule has 2 atom stereocenters. The van der Waals surface area contributed by atoms with E-state index >= 15 is 0 Å². The number of piperidine rings is 1. The Labute approximate surface area is 105 Å². The molecule has 2 unspecified atom stereocenters. The Morgan fingerprint density at radius 1 is 1.12 bits per heavy atom. The van der Waals surface area contributed by atoms with Gasteiger partial charge in [-0.1, -0.05) is 37.6 Å². The third kappa shape index (κ3) is 2.26. The number of nitrogens with one attached hydrogen (secondary N) is 1. The van der Waals surface area contributed by atoms with E-state index in [0.29, 0.717) is 0 Å². The van der Waals surface area contributed by atoms with Crippen LogP contribution in [0.2, 0.25) is 0 Å². The van der Waals surface area contributed by atoms with E-state index in [4.69, 9.17) is 0 Å². The molecule has 1 fully saturated rings. The summed E-state index contributed by atoms with van der Waals surface area (Å²) in [7, 11) is 0. The third-order valence-electron chi connectivity index (χ3n) is 4.81. The van der Waals surface area contributed by atoms with Gasteiger partial charge in [0.25, 0.3) is 0 Å². The number of fused-ring (bicyclic) bond motifs is 1. The fourth-order valence-electron chi connectivity index (χ4n) is 3.62. The van der Waals surface area contributed by atoms with Crippen molar-refractivity contribution in [3.8, 4) is 0 Å². The molecule has 1 nitrogen and oxygen atoms in total. The van der Waals surface area contributed by atoms with Gasteiger partial charge in [0.1, 0.15) is 0 Å². The van der Waals surface area contributed by atoms with Gasteiger partial charge in [-0.3, -0.25) is 0 Å². The minimum atomic E-state index is 0.767. The van der Waals surface area contributed by atoms with E-state index in [0.717, 1.165) is 17.9 Å². The maximum atomic E-state index is 3.72. The van der Waals surface area contributed by atoms with Gasteiger partial charge in [0, 0.05) is 6.04 Å². The summed E-state index contributed by atoms with van der Waals surface area (Å²) in [4.78, 5) is 0. The van der Waals surface area contributed by atoms with Gasteiger partial charge in [-0.15, -0.1) is 0 Å². The molecule has 1 heteroatoms. The highest BCUT2D eigenvalue weighted by Gasteiger charge is 2.31. The lowest BCUT2D eigenvalue weighted by molar-refractivity contribution is 0.238. The van der Waals surface area contributed by atoms with Gasteiger partial charge in [-0.2, -0.15) is 0 Å². The van der Waals surface area contributed by atoms with E-state index in [1.165, 1.54) is 38.6 Å². The predicted octanol–water partition coefficient (Wildman–Crippen LogP) is 3.18. The Morgan fingerprint density at radius 2 is 1.82 bits per heavy atom. The van der Waals surface area contributed by atoms with Crippen LogP contribution in [0.5, 0.6) is 0 Å². The van der Waals surface area contributed by atoms with Crippen LogP contribution < -0.4 is 5.32 Å². The van der Waals surface area contributed by atoms with Crippen molar-refractivity contribution >= 4 is 0 Å². The minimum absolute atomic E-state index is 0.767. The fraction of sp³-hybridized carbons (Fsp3) is 0.625. The Bertz CT molecular complexity index is 354. The molecule has 92 valence electrons. The molecule has 1 aliphatic heterocycles. The van der Waals surface area contributed by atoms with Crippen LogP contribution in [0.4, 0.5) is 0 Å². The van der Waals surface area contributed by atoms with Gasteiger partial charge in [0.15, 0.2) is 0 Å². The van der Waals surface area contributed by atoms with Crippen LogP contribution >= 0.6 is 0 Å². The second-order valence-electron chi connectivity index (χ2n) is 5.85. The van der Waals surface area contributed by atoms with E-state index in [-0.39, 0.29) is 0 Å². The van der Waals surface area contributed by atoms with Crippen LogP contribution in [0.25, 0.3) is 0 Å². The molecule has 1 aromatic carbocycles. The highest BCUT2D eigenvalue weighted by atomic mass is 14.9. The first-order chi connectivity index (χ1) is 8.34. The van der Waals surface area contributed by atoms with Crippen molar-refractivity contribution < 1.29 is 0 Å². The van der Waals surface area contributed by atoms with Crippen molar-refractivity contribution in [2.24, 2.45) is 11.8 Å². The van der Waals surface area contributed by atoms with Crippen LogP contribution in [0, 0.1) is 11.8 Å². The largest absolute Gasteiger partial charge is 0.314 e. The lowest BCUT2D eigenvalue weighted by Crippen LogP contribution is -2.41. The summed E-state index contributed by atoms with van der Waals surface area (Å²) in [5.74, 6) is 1.69. The first kappa shape index (κ1) is 11.3. The Balaban J connectivity index is 1.67. The molecule has 0 aromatic heterocycles. The monoisotopic (exact) mass is 229 g/mol. The maximum Gasteiger partial charge on any atom is 0.00955 e. The lowest BCUT2D eigenvalue weighted by Gasteiger charge is -2.32. The summed E-state index contributed by atoms with van der Waals surface area (Å²) in [6.07, 6.45) is 6.77. The topological polar surface area (TPSA) is 12.0 Å². The molecule has 1 N–H and O–H groups in total. The maximum absolute atomic E-state index is 3.72. The summed E-state index contributed by atoms with van der Waals surface area (Å²) in [5, 5.41) is 3.72. The first-order valence-corrected chi connectivity index (χ1v) is 7.15. The Hall–Kier alpha value is -0.820. The fourth-order valence-corrected chi connectivity index (χ4v) is 3.62. The Kier molecular flexibility index (Phi) is 3.19. The molecule has 2 aliphatic rings. The van der Waals surface area contributed by atoms with Crippen molar-refractivity contribution in [2.75, 3.05) is 6.54 Å². The van der Waals surface area contributed by atoms with Gasteiger partial charge >= 0.3 is 0 Å². The van der Waals surface area contributed by atoms with Crippen molar-refractivity contribution in [1.29, 1.82) is 0 Å². The van der Waals surface area contributed by atoms with Crippen molar-refractivity contribution in [2.45, 2.75) is 45.1 Å². The Morgan fingerprint density at radius 3 is 2.41 bits per heavy atom. The zero-order valence-corrected chi connectivity index (χ0v) is 10.8. The quantitative estimate of drug-likeness (QED) is 0.821. The molecule has 1 aromatic rings. The lowest BCUT2D eigenvalue weighted by atomic mass is 9.82. The average molecular weight is 229 g/mol. The van der Waals surface area contributed by atoms with E-state index in [1.54, 1.807) is 11.1 Å². The number of hydrogen-bond acceptors (Lipinski definition) is 1. The van der Waals surface area contributed by atoms with E-state index in [2.05, 4.69) is 36.5 Å². The summed E-state index contributed by atoms with van der Waals surface area (Å²) in [6.45, 7) is 3.69. The molecular formula is C16H23N. The summed E-state index contributed by atoms with van der Waals surface area (Å²) in [5.41, 5.74) is 3.19. The predicted molar refractivity (Wildman–Crippen MR) is 72.1 cm³/mol. The molecule has 0 radical (unpaired) electrons. The van der Waals surface area contributed by atoms with Crippen molar-refractivity contribution in [3.63, 3.8) is 0 Å². The first-order valence-electron chi connectivity index (χ1n) is 7.15. The van der Waals surface area contributed by atoms with Gasteiger partial charge in [0.2, 0.25) is 0 Å². The summed E-state index contributed by atoms with van der Waals surface area (Å²) < 4.78 is 0. The van der Waals surface area contributed by atoms with Crippen LogP contribution in [0.1, 0.15) is 37.3 Å². The number of rotatable bonds is 2. The van der Waals surface area contributed by atoms with Gasteiger partial charge < -0.3 is 5.32 Å². The normalized spacial score (nSPS) is 26.8. The molecule has 0 bridgehead atoms. The second kappa shape index (κ2) is 4.81. The smallest absolute Gasteiger partial charge is 0.00955 e. The average Bonchev–Trinajstić information content (AvgIpc) is 2.82. The molecule has 0 spiro atoms. The zero-order valence-electron chi connectivity index (χ0n) is 10.8. The van der Waals surface area contributed by atoms with Crippen molar-refractivity contribution in [3.05, 3.63) is 35.4 Å². The second-order valence-corrected chi connectivity index (χ2v) is 5.85. The minimum Gasteiger partial charge on any atom is -0.314 e. The third-order valence-corrected chi connectivity index (χ3v) is 4.81. The summed E-state index contributed by atoms with van der Waals surface area (Å²) >= 11 is 0. The van der Waals surface area contributed by atoms with Gasteiger partial charge in [-0.25, -0.2) is 0 Å². The van der Waals surface area contributed by atoms with E-state index in [9.17, 15) is 0 Å². The molecule has 1 aliphatic carbocycles. The standard InChI is InChI=1S/C16H23N/c1-12(16-8-4-5-9-17-16)15-10-13-6-2-3-7-14(13)11-15/h2-3,6-7,12,15-17H,4-5,8-11H2,1H3. The van der Waals surface area contributed by atoms with E-state index in [1.807, 2.05) is 0 Å². The summed E-state index contributed by atoms with van der Waals surface area (Å²) in [6, 6.07) is 9.77. The van der Waals surface area contributed by atoms with Gasteiger partial charge in [0.05, 0.1) is 0 Å². The number of benzene rings is 1. The van der Waals surface area contributed by atoms with Crippen LogP contribution in [0.3, 0.4) is 0 Å². The van der Waals surface area contributed by atoms with Crippen molar-refractivity contribution in [1.82, 2.24) is 5.32 Å². The number of hydrogen-bond donors (Lipinski definition) is 1. The molecule has 1 saturated heterocycles. The molecule has 1 heterocycles. The van der Waals surface area contributed by atoms with Crippen LogP contribution in [-0.2, 0) is 12.8 Å². The zero-order chi connectivity index (χ0) is 11.7. The molecule has 0 amide bonds. The highest BCUT2D eigenvalue weighted by Crippen LogP contribution is 2.34. The molecule has 17 heavy (non-hydrogen) atoms. The molecule has 3 rings (SSSR count). The molecular weight excluding hydrogens is 206 g/mol. The van der Waals surface area contributed by atoms with Crippen LogP contribution in [-0.4, -0.2) is 12.6 Å². The van der Waals surface area contributed by atoms with Gasteiger partial charge in [-0.05, 0) is 55.2 Å². The van der Waals surface area contributed by atoms with Crippen LogP contribution in [0.15, 0.2) is 24.3 Å². The SMILES string of the molecule is CC(C1Cc2ccccc2C1)C1CCCCN1.